The van der Waals surface area contributed by atoms with Crippen molar-refractivity contribution in [2.24, 2.45) is 5.92 Å². The van der Waals surface area contributed by atoms with Crippen LogP contribution in [0.3, 0.4) is 0 Å². The molecule has 1 aromatic heterocycles. The van der Waals surface area contributed by atoms with Crippen LogP contribution < -0.4 is 0 Å². The van der Waals surface area contributed by atoms with Gasteiger partial charge in [-0.25, -0.2) is 0 Å². The van der Waals surface area contributed by atoms with E-state index in [-0.39, 0.29) is 23.8 Å². The van der Waals surface area contributed by atoms with Crippen LogP contribution in [-0.2, 0) is 9.59 Å². The van der Waals surface area contributed by atoms with E-state index >= 15 is 0 Å². The Morgan fingerprint density at radius 2 is 2.04 bits per heavy atom. The second kappa shape index (κ2) is 5.65. The predicted molar refractivity (Wildman–Crippen MR) is 84.7 cm³/mol. The lowest BCUT2D eigenvalue weighted by atomic mass is 10.0. The molecule has 1 saturated carbocycles. The summed E-state index contributed by atoms with van der Waals surface area (Å²) in [5, 5.41) is 4.40. The second-order valence-electron chi connectivity index (χ2n) is 7.26. The van der Waals surface area contributed by atoms with Crippen LogP contribution in [0.2, 0.25) is 0 Å². The summed E-state index contributed by atoms with van der Waals surface area (Å²) in [6.45, 7) is 4.19. The van der Waals surface area contributed by atoms with Gasteiger partial charge in [-0.05, 0) is 38.2 Å². The first-order chi connectivity index (χ1) is 11.1. The minimum Gasteiger partial charge on any atom is -0.340 e. The third-order valence-electron chi connectivity index (χ3n) is 5.31. The highest BCUT2D eigenvalue weighted by Crippen LogP contribution is 2.33. The first-order valence-corrected chi connectivity index (χ1v) is 8.71. The number of piperidine rings is 1. The maximum Gasteiger partial charge on any atom is 0.228 e. The normalized spacial score (nSPS) is 28.5. The number of carbonyl (C=O) groups is 2. The zero-order valence-electron chi connectivity index (χ0n) is 13.6. The summed E-state index contributed by atoms with van der Waals surface area (Å²) < 4.78 is 1.99. The van der Waals surface area contributed by atoms with Gasteiger partial charge in [-0.1, -0.05) is 0 Å². The van der Waals surface area contributed by atoms with Crippen LogP contribution in [0.25, 0.3) is 0 Å². The van der Waals surface area contributed by atoms with Crippen molar-refractivity contribution in [1.29, 1.82) is 0 Å². The SMILES string of the molecule is Cc1cnn([C@H]2CCCN(C(=O)[C@H]3CC(=O)N(C4CC4)C3)C2)c1. The molecule has 1 aliphatic carbocycles. The predicted octanol–water partition coefficient (Wildman–Crippen LogP) is 1.37. The standard InChI is InChI=1S/C17H24N4O2/c1-12-8-18-21(9-12)15-3-2-6-19(11-15)17(23)13-7-16(22)20(10-13)14-4-5-14/h8-9,13-15H,2-7,10-11H2,1H3/t13-,15-/m0/s1. The molecule has 2 atom stereocenters. The van der Waals surface area contributed by atoms with E-state index in [1.54, 1.807) is 0 Å². The molecule has 3 heterocycles. The topological polar surface area (TPSA) is 58.4 Å². The fraction of sp³-hybridized carbons (Fsp3) is 0.706. The molecule has 0 radical (unpaired) electrons. The van der Waals surface area contributed by atoms with Gasteiger partial charge in [0.25, 0.3) is 0 Å². The molecule has 6 nitrogen and oxygen atoms in total. The average molecular weight is 316 g/mol. The largest absolute Gasteiger partial charge is 0.340 e. The number of likely N-dealkylation sites (tertiary alicyclic amines) is 2. The van der Waals surface area contributed by atoms with Crippen molar-refractivity contribution in [3.8, 4) is 0 Å². The van der Waals surface area contributed by atoms with Gasteiger partial charge in [0.2, 0.25) is 11.8 Å². The highest BCUT2D eigenvalue weighted by molar-refractivity contribution is 5.89. The molecule has 124 valence electrons. The summed E-state index contributed by atoms with van der Waals surface area (Å²) >= 11 is 0. The van der Waals surface area contributed by atoms with Crippen LogP contribution in [0.1, 0.15) is 43.7 Å². The van der Waals surface area contributed by atoms with Crippen LogP contribution in [0, 0.1) is 12.8 Å². The van der Waals surface area contributed by atoms with Gasteiger partial charge in [-0.15, -0.1) is 0 Å². The molecule has 0 N–H and O–H groups in total. The molecule has 2 aliphatic heterocycles. The van der Waals surface area contributed by atoms with Crippen molar-refractivity contribution in [3.05, 3.63) is 18.0 Å². The Balaban J connectivity index is 1.41. The molecular weight excluding hydrogens is 292 g/mol. The number of nitrogens with zero attached hydrogens (tertiary/aromatic N) is 4. The van der Waals surface area contributed by atoms with E-state index in [1.807, 2.05) is 33.8 Å². The Morgan fingerprint density at radius 3 is 2.74 bits per heavy atom. The second-order valence-corrected chi connectivity index (χ2v) is 7.26. The molecule has 0 bridgehead atoms. The molecule has 3 aliphatic rings. The molecule has 4 rings (SSSR count). The van der Waals surface area contributed by atoms with Gasteiger partial charge < -0.3 is 9.80 Å². The number of carbonyl (C=O) groups excluding carboxylic acids is 2. The van der Waals surface area contributed by atoms with Crippen molar-refractivity contribution in [3.63, 3.8) is 0 Å². The smallest absolute Gasteiger partial charge is 0.228 e. The number of aryl methyl sites for hydroxylation is 1. The summed E-state index contributed by atoms with van der Waals surface area (Å²) in [5.41, 5.74) is 1.15. The van der Waals surface area contributed by atoms with Gasteiger partial charge in [0.05, 0.1) is 18.2 Å². The molecular formula is C17H24N4O2. The number of hydrogen-bond acceptors (Lipinski definition) is 3. The van der Waals surface area contributed by atoms with E-state index in [9.17, 15) is 9.59 Å². The minimum absolute atomic E-state index is 0.138. The van der Waals surface area contributed by atoms with E-state index in [0.29, 0.717) is 25.6 Å². The summed E-state index contributed by atoms with van der Waals surface area (Å²) in [7, 11) is 0. The first kappa shape index (κ1) is 14.7. The van der Waals surface area contributed by atoms with Gasteiger partial charge >= 0.3 is 0 Å². The molecule has 6 heteroatoms. The molecule has 0 aromatic carbocycles. The minimum atomic E-state index is -0.138. The third kappa shape index (κ3) is 2.86. The highest BCUT2D eigenvalue weighted by atomic mass is 16.2. The number of rotatable bonds is 3. The van der Waals surface area contributed by atoms with Crippen LogP contribution in [-0.4, -0.2) is 57.1 Å². The Hall–Kier alpha value is -1.85. The van der Waals surface area contributed by atoms with E-state index < -0.39 is 0 Å². The quantitative estimate of drug-likeness (QED) is 0.846. The maximum absolute atomic E-state index is 12.8. The van der Waals surface area contributed by atoms with Crippen LogP contribution in [0.4, 0.5) is 0 Å². The van der Waals surface area contributed by atoms with Crippen molar-refractivity contribution < 1.29 is 9.59 Å². The molecule has 2 amide bonds. The van der Waals surface area contributed by atoms with Crippen molar-refractivity contribution in [1.82, 2.24) is 19.6 Å². The van der Waals surface area contributed by atoms with Gasteiger partial charge in [-0.2, -0.15) is 5.10 Å². The number of amides is 2. The van der Waals surface area contributed by atoms with Crippen molar-refractivity contribution >= 4 is 11.8 Å². The summed E-state index contributed by atoms with van der Waals surface area (Å²) in [4.78, 5) is 28.8. The monoisotopic (exact) mass is 316 g/mol. The number of aromatic nitrogens is 2. The average Bonchev–Trinajstić information content (AvgIpc) is 3.19. The lowest BCUT2D eigenvalue weighted by molar-refractivity contribution is -0.137. The summed E-state index contributed by atoms with van der Waals surface area (Å²) in [5.74, 6) is 0.193. The van der Waals surface area contributed by atoms with E-state index in [0.717, 1.165) is 37.8 Å². The van der Waals surface area contributed by atoms with Gasteiger partial charge in [0.1, 0.15) is 0 Å². The lowest BCUT2D eigenvalue weighted by Gasteiger charge is -2.34. The highest BCUT2D eigenvalue weighted by Gasteiger charge is 2.43. The lowest BCUT2D eigenvalue weighted by Crippen LogP contribution is -2.44. The summed E-state index contributed by atoms with van der Waals surface area (Å²) in [6, 6.07) is 0.680. The molecule has 2 saturated heterocycles. The van der Waals surface area contributed by atoms with Crippen LogP contribution >= 0.6 is 0 Å². The molecule has 3 fully saturated rings. The Morgan fingerprint density at radius 1 is 1.22 bits per heavy atom. The number of hydrogen-bond donors (Lipinski definition) is 0. The van der Waals surface area contributed by atoms with E-state index in [1.165, 1.54) is 0 Å². The van der Waals surface area contributed by atoms with E-state index in [4.69, 9.17) is 0 Å². The van der Waals surface area contributed by atoms with Crippen molar-refractivity contribution in [2.45, 2.75) is 51.1 Å². The maximum atomic E-state index is 12.8. The molecule has 23 heavy (non-hydrogen) atoms. The van der Waals surface area contributed by atoms with E-state index in [2.05, 4.69) is 5.10 Å². The third-order valence-corrected chi connectivity index (χ3v) is 5.31. The fourth-order valence-electron chi connectivity index (χ4n) is 3.90. The fourth-order valence-corrected chi connectivity index (χ4v) is 3.90. The molecule has 0 unspecified atom stereocenters. The van der Waals surface area contributed by atoms with Crippen LogP contribution in [0.5, 0.6) is 0 Å². The molecule has 0 spiro atoms. The Bertz CT molecular complexity index is 622. The zero-order chi connectivity index (χ0) is 16.0. The Kier molecular flexibility index (Phi) is 3.62. The van der Waals surface area contributed by atoms with Crippen molar-refractivity contribution in [2.75, 3.05) is 19.6 Å². The molecule has 1 aromatic rings. The van der Waals surface area contributed by atoms with Gasteiger partial charge in [-0.3, -0.25) is 14.3 Å². The van der Waals surface area contributed by atoms with Gasteiger partial charge in [0.15, 0.2) is 0 Å². The zero-order valence-corrected chi connectivity index (χ0v) is 13.6. The first-order valence-electron chi connectivity index (χ1n) is 8.71. The van der Waals surface area contributed by atoms with Gasteiger partial charge in [0, 0.05) is 38.3 Å². The summed E-state index contributed by atoms with van der Waals surface area (Å²) in [6.07, 6.45) is 8.59. The Labute approximate surface area is 136 Å². The van der Waals surface area contributed by atoms with Crippen LogP contribution in [0.15, 0.2) is 12.4 Å².